The highest BCUT2D eigenvalue weighted by atomic mass is 35.5. The van der Waals surface area contributed by atoms with Gasteiger partial charge in [0.15, 0.2) is 0 Å². The molecule has 0 saturated carbocycles. The van der Waals surface area contributed by atoms with Crippen molar-refractivity contribution in [3.63, 3.8) is 0 Å². The Balaban J connectivity index is 4.10. The van der Waals surface area contributed by atoms with Crippen LogP contribution < -0.4 is 0 Å². The van der Waals surface area contributed by atoms with E-state index in [-0.39, 0.29) is 0 Å². The van der Waals surface area contributed by atoms with E-state index in [9.17, 15) is 4.39 Å². The van der Waals surface area contributed by atoms with Crippen LogP contribution >= 0.6 is 18.3 Å². The summed E-state index contributed by atoms with van der Waals surface area (Å²) in [6.07, 6.45) is 0.648. The molecule has 0 aromatic carbocycles. The second kappa shape index (κ2) is 5.06. The first-order chi connectivity index (χ1) is 5.04. The van der Waals surface area contributed by atoms with Crippen LogP contribution in [0.25, 0.3) is 0 Å². The lowest BCUT2D eigenvalue weighted by Crippen LogP contribution is -1.88. The molecule has 66 valence electrons. The average molecular weight is 221 g/mol. The van der Waals surface area contributed by atoms with Crippen molar-refractivity contribution in [2.45, 2.75) is 0 Å². The fourth-order valence-corrected chi connectivity index (χ4v) is 1.04. The minimum Gasteiger partial charge on any atom is -0.428 e. The van der Waals surface area contributed by atoms with E-state index in [2.05, 4.69) is 13.6 Å². The minimum atomic E-state index is -2.80. The van der Waals surface area contributed by atoms with Crippen molar-refractivity contribution in [3.8, 4) is 0 Å². The summed E-state index contributed by atoms with van der Waals surface area (Å²) in [5, 5.41) is -1.01. The summed E-state index contributed by atoms with van der Waals surface area (Å²) in [6, 6.07) is 0. The fraction of sp³-hybridized carbons (Fsp3) is 0.500. The van der Waals surface area contributed by atoms with Crippen LogP contribution in [0.3, 0.4) is 0 Å². The molecule has 0 amide bonds. The average Bonchev–Trinajstić information content (AvgIpc) is 2.00. The van der Waals surface area contributed by atoms with Crippen LogP contribution in [0.4, 0.5) is 4.39 Å². The van der Waals surface area contributed by atoms with Crippen molar-refractivity contribution in [1.29, 1.82) is 0 Å². The van der Waals surface area contributed by atoms with Crippen molar-refractivity contribution in [2.24, 2.45) is 0 Å². The summed E-state index contributed by atoms with van der Waals surface area (Å²) in [5.74, 6) is 0. The van der Waals surface area contributed by atoms with Gasteiger partial charge in [-0.25, -0.2) is 0 Å². The Morgan fingerprint density at radius 3 is 2.27 bits per heavy atom. The highest BCUT2D eigenvalue weighted by molar-refractivity contribution is 8.07. The van der Waals surface area contributed by atoms with Crippen LogP contribution in [0.2, 0.25) is 0 Å². The third kappa shape index (κ3) is 4.71. The van der Waals surface area contributed by atoms with Crippen molar-refractivity contribution in [2.75, 3.05) is 14.2 Å². The van der Waals surface area contributed by atoms with Crippen LogP contribution in [0.15, 0.2) is 11.5 Å². The molecule has 0 radical (unpaired) electrons. The minimum absolute atomic E-state index is 0.648. The second-order valence-corrected chi connectivity index (χ2v) is 4.86. The normalized spacial score (nSPS) is 13.3. The summed E-state index contributed by atoms with van der Waals surface area (Å²) >= 11 is 9.52. The Morgan fingerprint density at radius 1 is 1.55 bits per heavy atom. The highest BCUT2D eigenvalue weighted by Crippen LogP contribution is 2.48. The lowest BCUT2D eigenvalue weighted by atomic mass is 11.1. The van der Waals surface area contributed by atoms with Crippen LogP contribution in [0.1, 0.15) is 0 Å². The fourth-order valence-electron chi connectivity index (χ4n) is 0.265. The van der Waals surface area contributed by atoms with Crippen molar-refractivity contribution in [3.05, 3.63) is 11.5 Å². The van der Waals surface area contributed by atoms with Gasteiger partial charge >= 0.3 is 6.72 Å². The molecule has 0 aliphatic carbocycles. The Kier molecular flexibility index (Phi) is 5.21. The van der Waals surface area contributed by atoms with E-state index < -0.39 is 12.0 Å². The molecule has 3 nitrogen and oxygen atoms in total. The lowest BCUT2D eigenvalue weighted by Gasteiger charge is -2.14. The zero-order valence-electron chi connectivity index (χ0n) is 5.91. The van der Waals surface area contributed by atoms with Gasteiger partial charge in [-0.2, -0.15) is 4.39 Å². The maximum atomic E-state index is 11.9. The molecule has 0 atom stereocenters. The Labute approximate surface area is 74.3 Å². The van der Waals surface area contributed by atoms with E-state index >= 15 is 0 Å². The van der Waals surface area contributed by atoms with E-state index in [1.165, 1.54) is 14.2 Å². The Bertz CT molecular complexity index is 186. The monoisotopic (exact) mass is 220 g/mol. The predicted octanol–water partition coefficient (Wildman–Crippen LogP) is 2.53. The third-order valence-corrected chi connectivity index (χ3v) is 3.22. The molecule has 0 aromatic heterocycles. The molecule has 0 N–H and O–H groups in total. The third-order valence-electron chi connectivity index (χ3n) is 0.718. The van der Waals surface area contributed by atoms with Crippen molar-refractivity contribution >= 4 is 30.1 Å². The maximum absolute atomic E-state index is 11.9. The second-order valence-electron chi connectivity index (χ2n) is 1.33. The Morgan fingerprint density at radius 2 is 2.00 bits per heavy atom. The Hall–Kier alpha value is 0.330. The molecule has 0 bridgehead atoms. The standard InChI is InChI=1S/C4H7ClFO3PS/c1-7-10(11,8-2)9-3-4(5)6/h3H,1-2H3. The zero-order valence-corrected chi connectivity index (χ0v) is 8.38. The molecular weight excluding hydrogens is 214 g/mol. The molecule has 0 unspecified atom stereocenters. The first-order valence-electron chi connectivity index (χ1n) is 2.45. The molecular formula is C4H7ClFO3PS. The molecule has 0 aromatic rings. The number of rotatable bonds is 4. The highest BCUT2D eigenvalue weighted by Gasteiger charge is 2.15. The largest absolute Gasteiger partial charge is 0.428 e. The van der Waals surface area contributed by atoms with E-state index in [0.29, 0.717) is 6.26 Å². The van der Waals surface area contributed by atoms with E-state index in [1.54, 1.807) is 0 Å². The summed E-state index contributed by atoms with van der Waals surface area (Å²) in [7, 11) is 2.62. The zero-order chi connectivity index (χ0) is 8.91. The molecule has 0 fully saturated rings. The lowest BCUT2D eigenvalue weighted by molar-refractivity contribution is 0.252. The molecule has 0 spiro atoms. The van der Waals surface area contributed by atoms with Gasteiger partial charge in [0.05, 0.1) is 0 Å². The van der Waals surface area contributed by atoms with Crippen LogP contribution in [-0.4, -0.2) is 14.2 Å². The van der Waals surface area contributed by atoms with Gasteiger partial charge < -0.3 is 13.6 Å². The van der Waals surface area contributed by atoms with E-state index in [0.717, 1.165) is 0 Å². The molecule has 0 saturated heterocycles. The van der Waals surface area contributed by atoms with Crippen LogP contribution in [0, 0.1) is 0 Å². The van der Waals surface area contributed by atoms with Gasteiger partial charge in [-0.3, -0.25) is 0 Å². The molecule has 11 heavy (non-hydrogen) atoms. The van der Waals surface area contributed by atoms with E-state index in [1.807, 2.05) is 0 Å². The van der Waals surface area contributed by atoms with Crippen LogP contribution in [-0.2, 0) is 25.4 Å². The molecule has 0 heterocycles. The summed E-state index contributed by atoms with van der Waals surface area (Å²) in [4.78, 5) is 0. The molecule has 0 aliphatic rings. The topological polar surface area (TPSA) is 27.7 Å². The number of hydrogen-bond donors (Lipinski definition) is 0. The predicted molar refractivity (Wildman–Crippen MR) is 44.4 cm³/mol. The van der Waals surface area contributed by atoms with Gasteiger partial charge in [0.1, 0.15) is 6.26 Å². The number of halogens is 2. The molecule has 0 aliphatic heterocycles. The number of hydrogen-bond acceptors (Lipinski definition) is 4. The maximum Gasteiger partial charge on any atom is 0.379 e. The van der Waals surface area contributed by atoms with Gasteiger partial charge in [0.25, 0.3) is 0 Å². The first kappa shape index (κ1) is 11.3. The van der Waals surface area contributed by atoms with Crippen LogP contribution in [0.5, 0.6) is 0 Å². The quantitative estimate of drug-likeness (QED) is 0.538. The molecule has 0 rings (SSSR count). The molecule has 7 heteroatoms. The smallest absolute Gasteiger partial charge is 0.379 e. The van der Waals surface area contributed by atoms with Gasteiger partial charge in [-0.05, 0) is 11.6 Å². The van der Waals surface area contributed by atoms with Crippen molar-refractivity contribution < 1.29 is 18.0 Å². The van der Waals surface area contributed by atoms with E-state index in [4.69, 9.17) is 23.4 Å². The summed E-state index contributed by atoms with van der Waals surface area (Å²) in [5.41, 5.74) is 0. The van der Waals surface area contributed by atoms with Gasteiger partial charge in [0.2, 0.25) is 5.29 Å². The van der Waals surface area contributed by atoms with Gasteiger partial charge in [0, 0.05) is 26.0 Å². The SMILES string of the molecule is COP(=S)(OC)OC=C(F)Cl. The van der Waals surface area contributed by atoms with Crippen molar-refractivity contribution in [1.82, 2.24) is 0 Å². The summed E-state index contributed by atoms with van der Waals surface area (Å²) < 4.78 is 25.8. The van der Waals surface area contributed by atoms with Gasteiger partial charge in [-0.15, -0.1) is 0 Å². The van der Waals surface area contributed by atoms with Gasteiger partial charge in [-0.1, -0.05) is 0 Å². The summed E-state index contributed by atoms with van der Waals surface area (Å²) in [6.45, 7) is -2.80. The first-order valence-corrected chi connectivity index (χ1v) is 5.38.